The lowest BCUT2D eigenvalue weighted by molar-refractivity contribution is 0.102. The summed E-state index contributed by atoms with van der Waals surface area (Å²) in [6, 6.07) is 5.57. The number of carbonyl (C=O) groups excluding carboxylic acids is 1. The van der Waals surface area contributed by atoms with Crippen molar-refractivity contribution in [3.05, 3.63) is 36.4 Å². The molecule has 0 spiro atoms. The number of pyridine rings is 2. The maximum Gasteiger partial charge on any atom is 0.300 e. The number of nitrogens with one attached hydrogen (secondary N) is 1. The summed E-state index contributed by atoms with van der Waals surface area (Å²) < 4.78 is 22.0. The van der Waals surface area contributed by atoms with Gasteiger partial charge in [0.05, 0.1) is 37.7 Å². The first-order valence-electron chi connectivity index (χ1n) is 11.9. The molecule has 2 aliphatic heterocycles. The number of anilines is 3. The molecule has 0 saturated carbocycles. The highest BCUT2D eigenvalue weighted by molar-refractivity contribution is 6.05. The topological polar surface area (TPSA) is 152 Å². The molecule has 2 N–H and O–H groups in total. The molecule has 192 valence electrons. The standard InChI is InChI=1S/C24H25N7O6/c1-34-19-3-2-14(11-25-19)23-27-17(13-36-23)22(33)26-16-10-18-20(28-21(16)31-5-4-15(32)12-31)29-24(37-18)30-6-8-35-9-7-30/h2-3,10-11,13,15,32H,4-9,12H2,1H3,(H,26,33)/t15-/m0/s1. The van der Waals surface area contributed by atoms with Crippen LogP contribution in [0.15, 0.2) is 39.5 Å². The maximum atomic E-state index is 13.1. The van der Waals surface area contributed by atoms with Crippen LogP contribution < -0.4 is 19.9 Å². The van der Waals surface area contributed by atoms with Crippen LogP contribution in [-0.2, 0) is 4.74 Å². The van der Waals surface area contributed by atoms with Crippen molar-refractivity contribution in [1.82, 2.24) is 19.9 Å². The van der Waals surface area contributed by atoms with Gasteiger partial charge < -0.3 is 38.5 Å². The summed E-state index contributed by atoms with van der Waals surface area (Å²) in [5, 5.41) is 13.0. The minimum atomic E-state index is -0.480. The molecule has 0 radical (unpaired) electrons. The smallest absolute Gasteiger partial charge is 0.300 e. The predicted octanol–water partition coefficient (Wildman–Crippen LogP) is 1.94. The third-order valence-electron chi connectivity index (χ3n) is 6.27. The van der Waals surface area contributed by atoms with E-state index in [-0.39, 0.29) is 11.6 Å². The average Bonchev–Trinajstić information content (AvgIpc) is 3.68. The van der Waals surface area contributed by atoms with Crippen molar-refractivity contribution in [2.75, 3.05) is 61.6 Å². The molecule has 4 aromatic heterocycles. The Morgan fingerprint density at radius 1 is 1.16 bits per heavy atom. The lowest BCUT2D eigenvalue weighted by atomic mass is 10.3. The number of aromatic nitrogens is 4. The number of carbonyl (C=O) groups is 1. The van der Waals surface area contributed by atoms with Crippen molar-refractivity contribution in [3.63, 3.8) is 0 Å². The molecule has 1 atom stereocenters. The summed E-state index contributed by atoms with van der Waals surface area (Å²) in [6.45, 7) is 3.51. The minimum absolute atomic E-state index is 0.0879. The van der Waals surface area contributed by atoms with Crippen molar-refractivity contribution < 1.29 is 28.2 Å². The first-order valence-corrected chi connectivity index (χ1v) is 11.9. The third-order valence-corrected chi connectivity index (χ3v) is 6.27. The molecule has 0 bridgehead atoms. The number of methoxy groups -OCH3 is 1. The van der Waals surface area contributed by atoms with Crippen LogP contribution in [0.3, 0.4) is 0 Å². The lowest BCUT2D eigenvalue weighted by Gasteiger charge is -2.24. The van der Waals surface area contributed by atoms with Crippen molar-refractivity contribution in [2.45, 2.75) is 12.5 Å². The summed E-state index contributed by atoms with van der Waals surface area (Å²) in [5.41, 5.74) is 1.97. The van der Waals surface area contributed by atoms with Crippen LogP contribution in [0.4, 0.5) is 17.5 Å². The SMILES string of the molecule is COc1ccc(-c2nc(C(=O)Nc3cc4oc(N5CCOCC5)nc4nc3N3CC[C@H](O)C3)co2)cn1. The van der Waals surface area contributed by atoms with E-state index in [1.54, 1.807) is 24.4 Å². The number of aliphatic hydroxyl groups is 1. The van der Waals surface area contributed by atoms with E-state index in [4.69, 9.17) is 23.3 Å². The molecule has 4 aromatic rings. The van der Waals surface area contributed by atoms with Gasteiger partial charge in [-0.15, -0.1) is 0 Å². The van der Waals surface area contributed by atoms with E-state index in [1.165, 1.54) is 13.4 Å². The van der Waals surface area contributed by atoms with Crippen LogP contribution in [0, 0.1) is 0 Å². The van der Waals surface area contributed by atoms with Gasteiger partial charge in [-0.3, -0.25) is 4.79 Å². The second kappa shape index (κ2) is 9.67. The lowest BCUT2D eigenvalue weighted by Crippen LogP contribution is -2.36. The molecular weight excluding hydrogens is 482 g/mol. The van der Waals surface area contributed by atoms with E-state index in [9.17, 15) is 9.90 Å². The number of hydrogen-bond acceptors (Lipinski definition) is 12. The van der Waals surface area contributed by atoms with Crippen molar-refractivity contribution >= 4 is 34.7 Å². The Kier molecular flexibility index (Phi) is 6.06. The van der Waals surface area contributed by atoms with Gasteiger partial charge in [0.2, 0.25) is 17.4 Å². The average molecular weight is 508 g/mol. The molecular formula is C24H25N7O6. The molecule has 2 fully saturated rings. The largest absolute Gasteiger partial charge is 0.481 e. The van der Waals surface area contributed by atoms with Crippen LogP contribution >= 0.6 is 0 Å². The molecule has 37 heavy (non-hydrogen) atoms. The zero-order chi connectivity index (χ0) is 25.4. The number of hydrogen-bond donors (Lipinski definition) is 2. The predicted molar refractivity (Wildman–Crippen MR) is 132 cm³/mol. The van der Waals surface area contributed by atoms with Gasteiger partial charge in [-0.25, -0.2) is 15.0 Å². The van der Waals surface area contributed by atoms with E-state index in [2.05, 4.69) is 20.3 Å². The summed E-state index contributed by atoms with van der Waals surface area (Å²) in [6.07, 6.45) is 2.97. The van der Waals surface area contributed by atoms with E-state index in [1.807, 2.05) is 9.80 Å². The van der Waals surface area contributed by atoms with Crippen LogP contribution in [0.25, 0.3) is 22.7 Å². The highest BCUT2D eigenvalue weighted by Gasteiger charge is 2.27. The summed E-state index contributed by atoms with van der Waals surface area (Å²) in [5.74, 6) is 0.732. The number of nitrogens with zero attached hydrogens (tertiary/aromatic N) is 6. The Labute approximate surface area is 211 Å². The molecule has 2 saturated heterocycles. The minimum Gasteiger partial charge on any atom is -0.481 e. The van der Waals surface area contributed by atoms with Crippen LogP contribution in [0.2, 0.25) is 0 Å². The van der Waals surface area contributed by atoms with Crippen LogP contribution in [0.5, 0.6) is 5.88 Å². The van der Waals surface area contributed by atoms with E-state index in [0.717, 1.165) is 0 Å². The van der Waals surface area contributed by atoms with Crippen LogP contribution in [0.1, 0.15) is 16.9 Å². The first-order chi connectivity index (χ1) is 18.1. The normalized spacial score (nSPS) is 17.9. The molecule has 0 unspecified atom stereocenters. The van der Waals surface area contributed by atoms with E-state index >= 15 is 0 Å². The number of oxazole rings is 2. The fraction of sp³-hybridized carbons (Fsp3) is 0.375. The number of fused-ring (bicyclic) bond motifs is 1. The number of rotatable bonds is 6. The maximum absolute atomic E-state index is 13.1. The van der Waals surface area contributed by atoms with Gasteiger partial charge in [-0.05, 0) is 12.5 Å². The molecule has 13 heteroatoms. The van der Waals surface area contributed by atoms with Gasteiger partial charge in [-0.1, -0.05) is 0 Å². The second-order valence-electron chi connectivity index (χ2n) is 8.75. The highest BCUT2D eigenvalue weighted by Crippen LogP contribution is 2.33. The number of β-amino-alcohol motifs (C(OH)–C–C–N with tert-alkyl or cyclic N) is 1. The van der Waals surface area contributed by atoms with E-state index in [0.29, 0.717) is 86.0 Å². The highest BCUT2D eigenvalue weighted by atomic mass is 16.5. The molecule has 6 heterocycles. The zero-order valence-corrected chi connectivity index (χ0v) is 20.1. The number of ether oxygens (including phenoxy) is 2. The molecule has 2 aliphatic rings. The van der Waals surface area contributed by atoms with Gasteiger partial charge in [0.25, 0.3) is 11.9 Å². The number of morpholine rings is 1. The van der Waals surface area contributed by atoms with Gasteiger partial charge >= 0.3 is 0 Å². The number of aliphatic hydroxyl groups excluding tert-OH is 1. The van der Waals surface area contributed by atoms with Crippen molar-refractivity contribution in [1.29, 1.82) is 0 Å². The fourth-order valence-corrected chi connectivity index (χ4v) is 4.32. The Balaban J connectivity index is 1.29. The summed E-state index contributed by atoms with van der Waals surface area (Å²) in [7, 11) is 1.53. The molecule has 13 nitrogen and oxygen atoms in total. The second-order valence-corrected chi connectivity index (χ2v) is 8.75. The monoisotopic (exact) mass is 507 g/mol. The van der Waals surface area contributed by atoms with Crippen LogP contribution in [-0.4, -0.2) is 83.6 Å². The quantitative estimate of drug-likeness (QED) is 0.392. The van der Waals surface area contributed by atoms with Gasteiger partial charge in [0.15, 0.2) is 17.1 Å². The number of amides is 1. The Morgan fingerprint density at radius 2 is 2.03 bits per heavy atom. The van der Waals surface area contributed by atoms with Crippen molar-refractivity contribution in [2.24, 2.45) is 0 Å². The van der Waals surface area contributed by atoms with Gasteiger partial charge in [0.1, 0.15) is 6.26 Å². The van der Waals surface area contributed by atoms with Crippen molar-refractivity contribution in [3.8, 4) is 17.3 Å². The summed E-state index contributed by atoms with van der Waals surface area (Å²) >= 11 is 0. The molecule has 1 amide bonds. The van der Waals surface area contributed by atoms with E-state index < -0.39 is 12.0 Å². The first kappa shape index (κ1) is 23.2. The Hall–Kier alpha value is -4.23. The van der Waals surface area contributed by atoms with Gasteiger partial charge in [-0.2, -0.15) is 4.98 Å². The molecule has 0 aliphatic carbocycles. The molecule has 0 aromatic carbocycles. The third kappa shape index (κ3) is 4.66. The summed E-state index contributed by atoms with van der Waals surface area (Å²) in [4.78, 5) is 34.8. The fourth-order valence-electron chi connectivity index (χ4n) is 4.32. The molecule has 6 rings (SSSR count). The Morgan fingerprint density at radius 3 is 2.76 bits per heavy atom. The Bertz CT molecular complexity index is 1410. The zero-order valence-electron chi connectivity index (χ0n) is 20.1. The van der Waals surface area contributed by atoms with Gasteiger partial charge in [0, 0.05) is 44.5 Å².